The van der Waals surface area contributed by atoms with Gasteiger partial charge in [-0.1, -0.05) is 142 Å². The quantitative estimate of drug-likeness (QED) is 0.132. The van der Waals surface area contributed by atoms with Crippen LogP contribution in [-0.4, -0.2) is 0 Å². The highest BCUT2D eigenvalue weighted by Gasteiger charge is 2.07. The Bertz CT molecular complexity index is 255. The van der Waals surface area contributed by atoms with Crippen LogP contribution in [0.3, 0.4) is 0 Å². The molecule has 0 aliphatic carbocycles. The van der Waals surface area contributed by atoms with Crippen molar-refractivity contribution in [2.24, 2.45) is 5.92 Å². The Morgan fingerprint density at radius 3 is 1.35 bits per heavy atom. The molecule has 0 aromatic heterocycles. The Labute approximate surface area is 167 Å². The molecule has 0 aliphatic heterocycles. The van der Waals surface area contributed by atoms with Gasteiger partial charge < -0.3 is 0 Å². The van der Waals surface area contributed by atoms with Crippen LogP contribution < -0.4 is 0 Å². The molecule has 1 atom stereocenters. The lowest BCUT2D eigenvalue weighted by Crippen LogP contribution is -2.00. The summed E-state index contributed by atoms with van der Waals surface area (Å²) in [7, 11) is 0. The summed E-state index contributed by atoms with van der Waals surface area (Å²) in [5.74, 6) is 1.00. The molecule has 0 radical (unpaired) electrons. The Morgan fingerprint density at radius 2 is 0.923 bits per heavy atom. The highest BCUT2D eigenvalue weighted by Crippen LogP contribution is 2.23. The van der Waals surface area contributed by atoms with Crippen molar-refractivity contribution in [1.29, 1.82) is 0 Å². The van der Waals surface area contributed by atoms with Gasteiger partial charge in [0.2, 0.25) is 0 Å². The van der Waals surface area contributed by atoms with E-state index in [0.29, 0.717) is 0 Å². The third kappa shape index (κ3) is 20.1. The first-order chi connectivity index (χ1) is 12.8. The van der Waals surface area contributed by atoms with Gasteiger partial charge in [0.1, 0.15) is 0 Å². The number of unbranched alkanes of at least 4 members (excludes halogenated alkanes) is 15. The molecule has 1 unspecified atom stereocenters. The summed E-state index contributed by atoms with van der Waals surface area (Å²) in [5.41, 5.74) is 0. The highest BCUT2D eigenvalue weighted by molar-refractivity contribution is 4.67. The van der Waals surface area contributed by atoms with E-state index in [4.69, 9.17) is 0 Å². The van der Waals surface area contributed by atoms with E-state index in [-0.39, 0.29) is 0 Å². The number of hydrogen-bond donors (Lipinski definition) is 0. The molecular weight excluding hydrogens is 312 g/mol. The Morgan fingerprint density at radius 1 is 0.500 bits per heavy atom. The van der Waals surface area contributed by atoms with Gasteiger partial charge in [-0.3, -0.25) is 0 Å². The van der Waals surface area contributed by atoms with E-state index in [0.717, 1.165) is 5.92 Å². The van der Waals surface area contributed by atoms with E-state index >= 15 is 0 Å². The van der Waals surface area contributed by atoms with Gasteiger partial charge in [0, 0.05) is 0 Å². The molecular formula is C26H52. The van der Waals surface area contributed by atoms with Crippen LogP contribution in [0.4, 0.5) is 0 Å². The highest BCUT2D eigenvalue weighted by atomic mass is 14.1. The second-order valence-electron chi connectivity index (χ2n) is 8.61. The van der Waals surface area contributed by atoms with Crippen molar-refractivity contribution < 1.29 is 0 Å². The minimum absolute atomic E-state index is 1.00. The predicted octanol–water partition coefficient (Wildman–Crippen LogP) is 10.0. The molecule has 0 N–H and O–H groups in total. The van der Waals surface area contributed by atoms with Crippen LogP contribution in [0.1, 0.15) is 149 Å². The first-order valence-corrected chi connectivity index (χ1v) is 12.5. The van der Waals surface area contributed by atoms with Crippen molar-refractivity contribution >= 4 is 0 Å². The summed E-state index contributed by atoms with van der Waals surface area (Å²) in [6.45, 7) is 8.48. The lowest BCUT2D eigenvalue weighted by Gasteiger charge is -2.15. The first kappa shape index (κ1) is 25.7. The smallest absolute Gasteiger partial charge is 0.0353 e. The Kier molecular flexibility index (Phi) is 22.6. The average Bonchev–Trinajstić information content (AvgIpc) is 2.65. The van der Waals surface area contributed by atoms with Gasteiger partial charge in [-0.25, -0.2) is 0 Å². The van der Waals surface area contributed by atoms with Gasteiger partial charge in [-0.2, -0.15) is 0 Å². The van der Waals surface area contributed by atoms with E-state index < -0.39 is 0 Å². The third-order valence-electron chi connectivity index (χ3n) is 5.93. The molecule has 0 saturated heterocycles. The molecule has 0 heteroatoms. The summed E-state index contributed by atoms with van der Waals surface area (Å²) in [6.07, 6.45) is 32.3. The monoisotopic (exact) mass is 364 g/mol. The summed E-state index contributed by atoms with van der Waals surface area (Å²) >= 11 is 0. The van der Waals surface area contributed by atoms with Crippen LogP contribution in [0.25, 0.3) is 0 Å². The molecule has 156 valence electrons. The minimum atomic E-state index is 1.00. The zero-order chi connectivity index (χ0) is 19.1. The second kappa shape index (κ2) is 22.8. The molecule has 0 bridgehead atoms. The lowest BCUT2D eigenvalue weighted by atomic mass is 9.91. The molecule has 0 saturated carbocycles. The first-order valence-electron chi connectivity index (χ1n) is 12.5. The Hall–Kier alpha value is -0.260. The summed E-state index contributed by atoms with van der Waals surface area (Å²) in [6, 6.07) is 0. The number of rotatable bonds is 22. The zero-order valence-corrected chi connectivity index (χ0v) is 18.7. The fraction of sp³-hybridized carbons (Fsp3) is 0.923. The van der Waals surface area contributed by atoms with Crippen molar-refractivity contribution in [2.45, 2.75) is 149 Å². The predicted molar refractivity (Wildman–Crippen MR) is 122 cm³/mol. The second-order valence-corrected chi connectivity index (χ2v) is 8.61. The third-order valence-corrected chi connectivity index (χ3v) is 5.93. The van der Waals surface area contributed by atoms with Gasteiger partial charge in [0.25, 0.3) is 0 Å². The van der Waals surface area contributed by atoms with E-state index in [1.807, 2.05) is 0 Å². The van der Waals surface area contributed by atoms with E-state index in [9.17, 15) is 0 Å². The van der Waals surface area contributed by atoms with Gasteiger partial charge >= 0.3 is 0 Å². The average molecular weight is 365 g/mol. The molecule has 26 heavy (non-hydrogen) atoms. The van der Waals surface area contributed by atoms with Crippen molar-refractivity contribution in [3.8, 4) is 0 Å². The maximum absolute atomic E-state index is 3.83. The van der Waals surface area contributed by atoms with Crippen LogP contribution in [0.5, 0.6) is 0 Å². The van der Waals surface area contributed by atoms with Crippen LogP contribution in [0.2, 0.25) is 0 Å². The lowest BCUT2D eigenvalue weighted by molar-refractivity contribution is 0.381. The van der Waals surface area contributed by atoms with Crippen molar-refractivity contribution in [3.05, 3.63) is 12.7 Å². The molecule has 0 heterocycles. The zero-order valence-electron chi connectivity index (χ0n) is 18.7. The molecule has 0 rings (SSSR count). The molecule has 0 spiro atoms. The van der Waals surface area contributed by atoms with Crippen LogP contribution >= 0.6 is 0 Å². The summed E-state index contributed by atoms with van der Waals surface area (Å²) in [5, 5.41) is 0. The van der Waals surface area contributed by atoms with E-state index in [2.05, 4.69) is 26.5 Å². The normalized spacial score (nSPS) is 12.4. The van der Waals surface area contributed by atoms with Gasteiger partial charge in [-0.05, 0) is 18.8 Å². The summed E-state index contributed by atoms with van der Waals surface area (Å²) in [4.78, 5) is 0. The molecule has 0 aromatic carbocycles. The van der Waals surface area contributed by atoms with Crippen LogP contribution in [-0.2, 0) is 0 Å². The SMILES string of the molecule is C=CCCCCC(CCC)CCCCCCCCCCCCCCCC. The largest absolute Gasteiger partial charge is 0.103 e. The number of hydrogen-bond acceptors (Lipinski definition) is 0. The van der Waals surface area contributed by atoms with Gasteiger partial charge in [0.15, 0.2) is 0 Å². The maximum atomic E-state index is 3.83. The molecule has 0 aromatic rings. The molecule has 0 nitrogen and oxygen atoms in total. The standard InChI is InChI=1S/C26H52/c1-4-7-9-11-12-13-14-15-16-17-18-19-20-22-25-26(23-6-3)24-21-10-8-5-2/h5,26H,2,4,6-25H2,1,3H3. The van der Waals surface area contributed by atoms with E-state index in [1.54, 1.807) is 0 Å². The van der Waals surface area contributed by atoms with E-state index in [1.165, 1.54) is 135 Å². The van der Waals surface area contributed by atoms with Crippen LogP contribution in [0.15, 0.2) is 12.7 Å². The summed E-state index contributed by atoms with van der Waals surface area (Å²) < 4.78 is 0. The van der Waals surface area contributed by atoms with Crippen molar-refractivity contribution in [1.82, 2.24) is 0 Å². The fourth-order valence-electron chi connectivity index (χ4n) is 4.19. The van der Waals surface area contributed by atoms with Crippen molar-refractivity contribution in [2.75, 3.05) is 0 Å². The minimum Gasteiger partial charge on any atom is -0.103 e. The van der Waals surface area contributed by atoms with Crippen LogP contribution in [0, 0.1) is 5.92 Å². The Balaban J connectivity index is 3.30. The van der Waals surface area contributed by atoms with Gasteiger partial charge in [-0.15, -0.1) is 6.58 Å². The van der Waals surface area contributed by atoms with Gasteiger partial charge in [0.05, 0.1) is 0 Å². The maximum Gasteiger partial charge on any atom is -0.0353 e. The molecule has 0 aliphatic rings. The molecule has 0 fully saturated rings. The van der Waals surface area contributed by atoms with Crippen molar-refractivity contribution in [3.63, 3.8) is 0 Å². The molecule has 0 amide bonds. The topological polar surface area (TPSA) is 0 Å². The number of allylic oxidation sites excluding steroid dienone is 1. The fourth-order valence-corrected chi connectivity index (χ4v) is 4.19.